The molecule has 0 aliphatic carbocycles. The molecule has 2 aromatic rings. The van der Waals surface area contributed by atoms with Crippen LogP contribution < -0.4 is 20.5 Å². The van der Waals surface area contributed by atoms with Crippen molar-refractivity contribution in [2.45, 2.75) is 6.04 Å². The summed E-state index contributed by atoms with van der Waals surface area (Å²) in [7, 11) is 0. The fourth-order valence-electron chi connectivity index (χ4n) is 2.78. The molecule has 0 saturated carbocycles. The zero-order valence-corrected chi connectivity index (χ0v) is 14.7. The van der Waals surface area contributed by atoms with E-state index in [1.54, 1.807) is 30.3 Å². The summed E-state index contributed by atoms with van der Waals surface area (Å²) >= 11 is 5.09. The third-order valence-corrected chi connectivity index (χ3v) is 4.24. The molecule has 1 saturated heterocycles. The van der Waals surface area contributed by atoms with Gasteiger partial charge in [-0.05, 0) is 29.9 Å². The smallest absolute Gasteiger partial charge is 0.322 e. The monoisotopic (exact) mass is 384 g/mol. The Morgan fingerprint density at radius 3 is 2.59 bits per heavy atom. The number of ether oxygens (including phenoxy) is 1. The molecular formula is C18H14N3O5S-. The SMILES string of the molecule is C=C1NC(=S)N[C@@H](c2cc([N+](=O)[O-])ccc2[O-])[C@H]1C(=O)Oc1ccccc1. The van der Waals surface area contributed by atoms with Crippen LogP contribution in [0.1, 0.15) is 11.6 Å². The van der Waals surface area contributed by atoms with Crippen molar-refractivity contribution in [3.63, 3.8) is 0 Å². The van der Waals surface area contributed by atoms with Crippen LogP contribution in [0.2, 0.25) is 0 Å². The molecule has 0 unspecified atom stereocenters. The molecule has 0 bridgehead atoms. The molecule has 1 fully saturated rings. The van der Waals surface area contributed by atoms with Gasteiger partial charge in [0, 0.05) is 17.8 Å². The largest absolute Gasteiger partial charge is 0.872 e. The van der Waals surface area contributed by atoms with Crippen molar-refractivity contribution in [2.75, 3.05) is 0 Å². The fraction of sp³-hybridized carbons (Fsp3) is 0.111. The molecule has 3 rings (SSSR count). The molecule has 9 heteroatoms. The van der Waals surface area contributed by atoms with Crippen LogP contribution in [0.25, 0.3) is 0 Å². The summed E-state index contributed by atoms with van der Waals surface area (Å²) in [6, 6.07) is 10.8. The highest BCUT2D eigenvalue weighted by atomic mass is 32.1. The standard InChI is InChI=1S/C18H15N3O5S/c1-10-15(17(23)26-12-5-3-2-4-6-12)16(20-18(27)19-10)13-9-11(21(24)25)7-8-14(13)22/h2-9,15-16,22H,1H2,(H2,19,20,27)/p-1/t15-,16-/m0/s1. The lowest BCUT2D eigenvalue weighted by molar-refractivity contribution is -0.385. The maximum absolute atomic E-state index is 12.8. The Balaban J connectivity index is 1.99. The van der Waals surface area contributed by atoms with Gasteiger partial charge in [0.1, 0.15) is 11.7 Å². The molecule has 2 aromatic carbocycles. The lowest BCUT2D eigenvalue weighted by atomic mass is 9.88. The highest BCUT2D eigenvalue weighted by Gasteiger charge is 2.38. The van der Waals surface area contributed by atoms with Crippen LogP contribution in [-0.2, 0) is 4.79 Å². The van der Waals surface area contributed by atoms with E-state index in [-0.39, 0.29) is 22.1 Å². The summed E-state index contributed by atoms with van der Waals surface area (Å²) < 4.78 is 5.37. The number of benzene rings is 2. The molecule has 1 aliphatic heterocycles. The summed E-state index contributed by atoms with van der Waals surface area (Å²) in [6.07, 6.45) is 0. The number of hydrogen-bond donors (Lipinski definition) is 2. The minimum atomic E-state index is -1.02. The Morgan fingerprint density at radius 2 is 1.93 bits per heavy atom. The summed E-state index contributed by atoms with van der Waals surface area (Å²) in [6.45, 7) is 3.80. The number of hydrogen-bond acceptors (Lipinski definition) is 6. The summed E-state index contributed by atoms with van der Waals surface area (Å²) in [4.78, 5) is 23.2. The number of para-hydroxylation sites is 1. The average Bonchev–Trinajstić information content (AvgIpc) is 2.62. The van der Waals surface area contributed by atoms with Gasteiger partial charge < -0.3 is 20.5 Å². The molecule has 8 nitrogen and oxygen atoms in total. The van der Waals surface area contributed by atoms with Gasteiger partial charge in [0.25, 0.3) is 5.69 Å². The number of nitrogens with zero attached hydrogens (tertiary/aromatic N) is 1. The van der Waals surface area contributed by atoms with E-state index in [4.69, 9.17) is 17.0 Å². The number of non-ortho nitro benzene ring substituents is 1. The van der Waals surface area contributed by atoms with E-state index in [2.05, 4.69) is 17.2 Å². The van der Waals surface area contributed by atoms with Crippen molar-refractivity contribution < 1.29 is 19.6 Å². The number of nitro benzene ring substituents is 1. The van der Waals surface area contributed by atoms with Gasteiger partial charge in [-0.15, -0.1) is 5.75 Å². The fourth-order valence-corrected chi connectivity index (χ4v) is 3.04. The zero-order chi connectivity index (χ0) is 19.6. The molecule has 0 aromatic heterocycles. The number of carbonyl (C=O) groups excluding carboxylic acids is 1. The van der Waals surface area contributed by atoms with Crippen LogP contribution in [0, 0.1) is 16.0 Å². The first kappa shape index (κ1) is 18.3. The van der Waals surface area contributed by atoms with Crippen molar-refractivity contribution in [3.8, 4) is 11.5 Å². The van der Waals surface area contributed by atoms with Crippen molar-refractivity contribution in [2.24, 2.45) is 5.92 Å². The van der Waals surface area contributed by atoms with Crippen molar-refractivity contribution in [1.82, 2.24) is 10.6 Å². The Kier molecular flexibility index (Phi) is 5.04. The number of carbonyl (C=O) groups is 1. The average molecular weight is 384 g/mol. The number of nitrogens with one attached hydrogen (secondary N) is 2. The Hall–Kier alpha value is -3.46. The van der Waals surface area contributed by atoms with Gasteiger partial charge in [-0.1, -0.05) is 30.8 Å². The Labute approximate surface area is 159 Å². The Morgan fingerprint density at radius 1 is 1.22 bits per heavy atom. The number of rotatable bonds is 4. The molecule has 0 radical (unpaired) electrons. The predicted octanol–water partition coefficient (Wildman–Crippen LogP) is 1.92. The molecule has 138 valence electrons. The van der Waals surface area contributed by atoms with Crippen molar-refractivity contribution >= 4 is 29.0 Å². The first-order valence-electron chi connectivity index (χ1n) is 7.85. The third-order valence-electron chi connectivity index (χ3n) is 4.02. The molecule has 27 heavy (non-hydrogen) atoms. The summed E-state index contributed by atoms with van der Waals surface area (Å²) in [5, 5.41) is 29.1. The van der Waals surface area contributed by atoms with Gasteiger partial charge in [0.05, 0.1) is 11.0 Å². The second kappa shape index (κ2) is 7.42. The quantitative estimate of drug-likeness (QED) is 0.270. The minimum Gasteiger partial charge on any atom is -0.872 e. The van der Waals surface area contributed by atoms with Crippen LogP contribution >= 0.6 is 12.2 Å². The second-order valence-electron chi connectivity index (χ2n) is 5.79. The number of nitro groups is 1. The van der Waals surface area contributed by atoms with Gasteiger partial charge in [-0.25, -0.2) is 0 Å². The molecule has 0 spiro atoms. The molecule has 1 aliphatic rings. The van der Waals surface area contributed by atoms with Gasteiger partial charge in [0.2, 0.25) is 0 Å². The topological polar surface area (TPSA) is 117 Å². The van der Waals surface area contributed by atoms with Crippen LogP contribution in [-0.4, -0.2) is 16.0 Å². The predicted molar refractivity (Wildman–Crippen MR) is 98.9 cm³/mol. The highest BCUT2D eigenvalue weighted by molar-refractivity contribution is 7.80. The first-order valence-corrected chi connectivity index (χ1v) is 8.26. The van der Waals surface area contributed by atoms with Crippen molar-refractivity contribution in [3.05, 3.63) is 76.5 Å². The highest BCUT2D eigenvalue weighted by Crippen LogP contribution is 2.36. The number of esters is 1. The van der Waals surface area contributed by atoms with Gasteiger partial charge >= 0.3 is 5.97 Å². The van der Waals surface area contributed by atoms with Crippen LogP contribution in [0.15, 0.2) is 60.8 Å². The van der Waals surface area contributed by atoms with Gasteiger partial charge in [-0.3, -0.25) is 14.9 Å². The minimum absolute atomic E-state index is 0.0317. The summed E-state index contributed by atoms with van der Waals surface area (Å²) in [5.74, 6) is -1.84. The van der Waals surface area contributed by atoms with Crippen LogP contribution in [0.5, 0.6) is 11.5 Å². The summed E-state index contributed by atoms with van der Waals surface area (Å²) in [5.41, 5.74) is -0.00330. The van der Waals surface area contributed by atoms with E-state index in [1.807, 2.05) is 0 Å². The van der Waals surface area contributed by atoms with E-state index in [9.17, 15) is 20.0 Å². The van der Waals surface area contributed by atoms with Crippen molar-refractivity contribution in [1.29, 1.82) is 0 Å². The maximum Gasteiger partial charge on any atom is 0.322 e. The van der Waals surface area contributed by atoms with Crippen LogP contribution in [0.4, 0.5) is 5.69 Å². The van der Waals surface area contributed by atoms with Gasteiger partial charge in [-0.2, -0.15) is 0 Å². The van der Waals surface area contributed by atoms with E-state index in [0.717, 1.165) is 18.2 Å². The first-order chi connectivity index (χ1) is 12.9. The van der Waals surface area contributed by atoms with E-state index >= 15 is 0 Å². The zero-order valence-electron chi connectivity index (χ0n) is 13.9. The molecular weight excluding hydrogens is 370 g/mol. The lowest BCUT2D eigenvalue weighted by Crippen LogP contribution is -2.51. The molecule has 0 amide bonds. The van der Waals surface area contributed by atoms with Crippen LogP contribution in [0.3, 0.4) is 0 Å². The Bertz CT molecular complexity index is 932. The lowest BCUT2D eigenvalue weighted by Gasteiger charge is -2.36. The third kappa shape index (κ3) is 3.87. The second-order valence-corrected chi connectivity index (χ2v) is 6.20. The molecule has 2 N–H and O–H groups in total. The van der Waals surface area contributed by atoms with E-state index < -0.39 is 28.6 Å². The molecule has 2 atom stereocenters. The maximum atomic E-state index is 12.8. The van der Waals surface area contributed by atoms with E-state index in [0.29, 0.717) is 5.75 Å². The number of thiocarbonyl (C=S) groups is 1. The van der Waals surface area contributed by atoms with Gasteiger partial charge in [0.15, 0.2) is 5.11 Å². The van der Waals surface area contributed by atoms with E-state index in [1.165, 1.54) is 0 Å². The molecule has 1 heterocycles. The normalized spacial score (nSPS) is 19.0.